The van der Waals surface area contributed by atoms with Gasteiger partial charge in [0.15, 0.2) is 6.29 Å². The number of hydrogen-bond donors (Lipinski definition) is 4. The first-order chi connectivity index (χ1) is 11.5. The molecule has 3 rings (SSSR count). The lowest BCUT2D eigenvalue weighted by molar-refractivity contribution is -0.342. The van der Waals surface area contributed by atoms with E-state index in [1.54, 1.807) is 0 Å². The number of ether oxygens (including phenoxy) is 3. The van der Waals surface area contributed by atoms with Crippen LogP contribution in [0.2, 0.25) is 0 Å². The Kier molecular flexibility index (Phi) is 5.24. The molecule has 0 aromatic heterocycles. The average Bonchev–Trinajstić information content (AvgIpc) is 2.98. The van der Waals surface area contributed by atoms with E-state index < -0.39 is 43.6 Å². The van der Waals surface area contributed by atoms with Gasteiger partial charge in [-0.15, -0.1) is 0 Å². The van der Waals surface area contributed by atoms with E-state index in [1.807, 2.05) is 6.92 Å². The van der Waals surface area contributed by atoms with Crippen LogP contribution in [0.3, 0.4) is 0 Å². The number of rotatable bonds is 4. The Morgan fingerprint density at radius 3 is 2.62 bits per heavy atom. The van der Waals surface area contributed by atoms with Crippen LogP contribution in [-0.2, 0) is 19.0 Å². The summed E-state index contributed by atoms with van der Waals surface area (Å²) in [5.74, 6) is 0.220. The highest BCUT2D eigenvalue weighted by Crippen LogP contribution is 2.46. The Labute approximate surface area is 139 Å². The first-order valence-corrected chi connectivity index (χ1v) is 8.24. The summed E-state index contributed by atoms with van der Waals surface area (Å²) in [5, 5.41) is 39.0. The normalized spacial score (nSPS) is 48.4. The number of aldehydes is 1. The molecule has 1 saturated carbocycles. The van der Waals surface area contributed by atoms with E-state index in [0.717, 1.165) is 19.1 Å². The fraction of sp³-hybridized carbons (Fsp3) is 0.812. The molecule has 1 aliphatic carbocycles. The summed E-state index contributed by atoms with van der Waals surface area (Å²) >= 11 is 0. The van der Waals surface area contributed by atoms with Crippen molar-refractivity contribution in [2.45, 2.75) is 56.8 Å². The molecule has 0 radical (unpaired) electrons. The lowest BCUT2D eigenvalue weighted by Gasteiger charge is -2.43. The summed E-state index contributed by atoms with van der Waals surface area (Å²) < 4.78 is 16.6. The minimum atomic E-state index is -1.50. The summed E-state index contributed by atoms with van der Waals surface area (Å²) in [6.45, 7) is 1.53. The van der Waals surface area contributed by atoms with E-state index in [0.29, 0.717) is 5.57 Å². The molecule has 9 atom stereocenters. The first-order valence-electron chi connectivity index (χ1n) is 8.24. The van der Waals surface area contributed by atoms with Crippen LogP contribution in [0.15, 0.2) is 11.8 Å². The lowest BCUT2D eigenvalue weighted by atomic mass is 9.84. The van der Waals surface area contributed by atoms with E-state index in [9.17, 15) is 25.2 Å². The van der Waals surface area contributed by atoms with Crippen LogP contribution in [-0.4, -0.2) is 70.3 Å². The molecule has 0 spiro atoms. The van der Waals surface area contributed by atoms with Crippen LogP contribution >= 0.6 is 0 Å². The maximum absolute atomic E-state index is 11.2. The number of carbonyl (C=O) groups excluding carboxylic acids is 1. The van der Waals surface area contributed by atoms with Gasteiger partial charge in [0.1, 0.15) is 30.7 Å². The minimum Gasteiger partial charge on any atom is -0.472 e. The molecule has 3 aliphatic rings. The van der Waals surface area contributed by atoms with Crippen LogP contribution in [0.5, 0.6) is 0 Å². The number of aliphatic hydroxyl groups is 4. The van der Waals surface area contributed by atoms with Gasteiger partial charge in [0.2, 0.25) is 6.29 Å². The van der Waals surface area contributed by atoms with Crippen molar-refractivity contribution in [3.05, 3.63) is 11.8 Å². The quantitative estimate of drug-likeness (QED) is 0.474. The van der Waals surface area contributed by atoms with Crippen molar-refractivity contribution in [3.8, 4) is 0 Å². The molecule has 8 heteroatoms. The van der Waals surface area contributed by atoms with Crippen molar-refractivity contribution in [3.63, 3.8) is 0 Å². The van der Waals surface area contributed by atoms with Gasteiger partial charge >= 0.3 is 0 Å². The number of allylic oxidation sites excluding steroid dienone is 1. The van der Waals surface area contributed by atoms with Gasteiger partial charge in [-0.25, -0.2) is 0 Å². The van der Waals surface area contributed by atoms with Crippen molar-refractivity contribution in [1.82, 2.24) is 0 Å². The van der Waals surface area contributed by atoms with E-state index in [1.165, 1.54) is 6.26 Å². The molecular weight excluding hydrogens is 320 g/mol. The zero-order valence-electron chi connectivity index (χ0n) is 13.4. The van der Waals surface area contributed by atoms with Crippen molar-refractivity contribution in [1.29, 1.82) is 0 Å². The molecule has 2 aliphatic heterocycles. The van der Waals surface area contributed by atoms with E-state index in [4.69, 9.17) is 14.2 Å². The molecule has 1 saturated heterocycles. The summed E-state index contributed by atoms with van der Waals surface area (Å²) in [6.07, 6.45) is -3.47. The smallest absolute Gasteiger partial charge is 0.205 e. The predicted octanol–water partition coefficient (Wildman–Crippen LogP) is -1.10. The average molecular weight is 344 g/mol. The van der Waals surface area contributed by atoms with Crippen molar-refractivity contribution >= 4 is 6.29 Å². The maximum Gasteiger partial charge on any atom is 0.205 e. The van der Waals surface area contributed by atoms with Crippen LogP contribution < -0.4 is 0 Å². The van der Waals surface area contributed by atoms with Crippen LogP contribution in [0.1, 0.15) is 19.8 Å². The monoisotopic (exact) mass is 344 g/mol. The Balaban J connectivity index is 1.75. The van der Waals surface area contributed by atoms with Gasteiger partial charge in [0.25, 0.3) is 0 Å². The van der Waals surface area contributed by atoms with Crippen molar-refractivity contribution < 1.29 is 39.4 Å². The van der Waals surface area contributed by atoms with Gasteiger partial charge in [0, 0.05) is 11.5 Å². The van der Waals surface area contributed by atoms with Gasteiger partial charge in [-0.1, -0.05) is 6.92 Å². The highest BCUT2D eigenvalue weighted by molar-refractivity contribution is 5.74. The van der Waals surface area contributed by atoms with Crippen LogP contribution in [0.25, 0.3) is 0 Å². The minimum absolute atomic E-state index is 0.0288. The van der Waals surface area contributed by atoms with E-state index in [2.05, 4.69) is 0 Å². The second kappa shape index (κ2) is 7.07. The van der Waals surface area contributed by atoms with Crippen LogP contribution in [0, 0.1) is 17.8 Å². The fourth-order valence-corrected chi connectivity index (χ4v) is 3.94. The first kappa shape index (κ1) is 17.8. The zero-order valence-corrected chi connectivity index (χ0v) is 13.4. The second-order valence-corrected chi connectivity index (χ2v) is 6.81. The van der Waals surface area contributed by atoms with Crippen LogP contribution in [0.4, 0.5) is 0 Å². The Hall–Kier alpha value is -1.03. The van der Waals surface area contributed by atoms with Crippen molar-refractivity contribution in [2.24, 2.45) is 17.8 Å². The second-order valence-electron chi connectivity index (χ2n) is 6.81. The molecule has 0 aromatic carbocycles. The molecule has 0 unspecified atom stereocenters. The molecule has 2 fully saturated rings. The molecule has 0 aromatic rings. The largest absolute Gasteiger partial charge is 0.472 e. The standard InChI is InChI=1S/C16H24O8/c1-7-2-3-9-8(4-17)6-22-15(11(7)9)24-16-14(21)13(20)12(19)10(5-18)23-16/h4,6-7,9-16,18-21H,2-3,5H2,1H3/t7-,9+,10+,11+,12+,13-,14+,15-,16-/m0/s1. The van der Waals surface area contributed by atoms with E-state index >= 15 is 0 Å². The molecule has 4 N–H and O–H groups in total. The van der Waals surface area contributed by atoms with Gasteiger partial charge in [-0.2, -0.15) is 0 Å². The third kappa shape index (κ3) is 2.98. The van der Waals surface area contributed by atoms with Crippen molar-refractivity contribution in [2.75, 3.05) is 6.61 Å². The summed E-state index contributed by atoms with van der Waals surface area (Å²) in [5.41, 5.74) is 0.595. The maximum atomic E-state index is 11.2. The Bertz CT molecular complexity index is 492. The predicted molar refractivity (Wildman–Crippen MR) is 79.3 cm³/mol. The fourth-order valence-electron chi connectivity index (χ4n) is 3.94. The molecule has 2 heterocycles. The SMILES string of the molecule is C[C@H]1CC[C@@H]2C(C=O)=CO[C@@H](O[C@@H]3O[C@H](CO)[C@@H](O)[C@H](O)[C@H]3O)[C@@H]21. The molecular formula is C16H24O8. The number of fused-ring (bicyclic) bond motifs is 1. The molecule has 24 heavy (non-hydrogen) atoms. The third-order valence-corrected chi connectivity index (χ3v) is 5.39. The van der Waals surface area contributed by atoms with Gasteiger partial charge in [0.05, 0.1) is 12.9 Å². The lowest BCUT2D eigenvalue weighted by Crippen LogP contribution is -2.60. The topological polar surface area (TPSA) is 126 Å². The van der Waals surface area contributed by atoms with Gasteiger partial charge in [-0.3, -0.25) is 4.79 Å². The molecule has 0 bridgehead atoms. The zero-order chi connectivity index (χ0) is 17.4. The number of aliphatic hydroxyl groups excluding tert-OH is 4. The Morgan fingerprint density at radius 1 is 1.21 bits per heavy atom. The third-order valence-electron chi connectivity index (χ3n) is 5.39. The highest BCUT2D eigenvalue weighted by atomic mass is 16.8. The molecule has 8 nitrogen and oxygen atoms in total. The summed E-state index contributed by atoms with van der Waals surface area (Å²) in [7, 11) is 0. The number of carbonyl (C=O) groups is 1. The molecule has 0 amide bonds. The highest BCUT2D eigenvalue weighted by Gasteiger charge is 2.49. The Morgan fingerprint density at radius 2 is 1.96 bits per heavy atom. The summed E-state index contributed by atoms with van der Waals surface area (Å²) in [6, 6.07) is 0. The molecule has 136 valence electrons. The van der Waals surface area contributed by atoms with Gasteiger partial charge < -0.3 is 34.6 Å². The summed E-state index contributed by atoms with van der Waals surface area (Å²) in [4.78, 5) is 11.2. The van der Waals surface area contributed by atoms with Gasteiger partial charge in [-0.05, 0) is 24.7 Å². The van der Waals surface area contributed by atoms with E-state index in [-0.39, 0.29) is 17.8 Å². The number of hydrogen-bond acceptors (Lipinski definition) is 8.